The van der Waals surface area contributed by atoms with Crippen molar-refractivity contribution in [1.29, 1.82) is 0 Å². The molecular weight excluding hydrogens is 361 g/mol. The second-order valence-electron chi connectivity index (χ2n) is 7.42. The fourth-order valence-corrected chi connectivity index (χ4v) is 2.31. The first kappa shape index (κ1) is 21.7. The number of benzene rings is 1. The highest BCUT2D eigenvalue weighted by molar-refractivity contribution is 5.79. The molecule has 28 heavy (non-hydrogen) atoms. The van der Waals surface area contributed by atoms with Crippen LogP contribution < -0.4 is 15.4 Å². The van der Waals surface area contributed by atoms with Gasteiger partial charge >= 0.3 is 0 Å². The predicted octanol–water partition coefficient (Wildman–Crippen LogP) is 3.42. The number of aromatic nitrogens is 2. The second kappa shape index (κ2) is 10.1. The van der Waals surface area contributed by atoms with Gasteiger partial charge in [0.15, 0.2) is 23.4 Å². The molecule has 0 fully saturated rings. The van der Waals surface area contributed by atoms with Crippen LogP contribution in [0.1, 0.15) is 52.8 Å². The van der Waals surface area contributed by atoms with Crippen LogP contribution in [-0.2, 0) is 12.0 Å². The standard InChI is InChI=1S/C20H30FN5O2/c1-6-14(27-16-11-9-8-10-15(16)21)12-23-19(22-7-2)24-13-17-25-18(28-26-17)20(3,4)5/h8-11,14H,6-7,12-13H2,1-5H3,(H2,22,23,24). The second-order valence-corrected chi connectivity index (χ2v) is 7.42. The van der Waals surface area contributed by atoms with Gasteiger partial charge in [0.1, 0.15) is 12.6 Å². The lowest BCUT2D eigenvalue weighted by molar-refractivity contribution is 0.191. The molecule has 2 N–H and O–H groups in total. The Morgan fingerprint density at radius 1 is 1.25 bits per heavy atom. The van der Waals surface area contributed by atoms with E-state index in [0.29, 0.717) is 37.3 Å². The first-order valence-corrected chi connectivity index (χ1v) is 9.59. The summed E-state index contributed by atoms with van der Waals surface area (Å²) in [4.78, 5) is 8.87. The van der Waals surface area contributed by atoms with Crippen molar-refractivity contribution in [3.05, 3.63) is 41.8 Å². The van der Waals surface area contributed by atoms with Gasteiger partial charge < -0.3 is 19.9 Å². The maximum Gasteiger partial charge on any atom is 0.232 e. The van der Waals surface area contributed by atoms with Crippen molar-refractivity contribution < 1.29 is 13.7 Å². The minimum atomic E-state index is -0.367. The van der Waals surface area contributed by atoms with E-state index in [1.807, 2.05) is 34.6 Å². The van der Waals surface area contributed by atoms with E-state index in [0.717, 1.165) is 6.42 Å². The fraction of sp³-hybridized carbons (Fsp3) is 0.550. The Bertz CT molecular complexity index is 770. The minimum absolute atomic E-state index is 0.196. The van der Waals surface area contributed by atoms with Crippen LogP contribution in [0.4, 0.5) is 4.39 Å². The summed E-state index contributed by atoms with van der Waals surface area (Å²) in [6.45, 7) is 11.5. The quantitative estimate of drug-likeness (QED) is 0.530. The number of nitrogens with one attached hydrogen (secondary N) is 2. The lowest BCUT2D eigenvalue weighted by Crippen LogP contribution is -2.42. The van der Waals surface area contributed by atoms with E-state index in [-0.39, 0.29) is 23.1 Å². The molecule has 0 saturated heterocycles. The van der Waals surface area contributed by atoms with Gasteiger partial charge in [-0.3, -0.25) is 0 Å². The SMILES string of the molecule is CCNC(=NCc1noc(C(C)(C)C)n1)NCC(CC)Oc1ccccc1F. The van der Waals surface area contributed by atoms with E-state index in [1.54, 1.807) is 18.2 Å². The largest absolute Gasteiger partial charge is 0.486 e. The molecule has 1 aromatic carbocycles. The first-order chi connectivity index (χ1) is 13.3. The van der Waals surface area contributed by atoms with Gasteiger partial charge in [0, 0.05) is 12.0 Å². The van der Waals surface area contributed by atoms with Gasteiger partial charge in [-0.1, -0.05) is 45.0 Å². The molecule has 0 bridgehead atoms. The summed E-state index contributed by atoms with van der Waals surface area (Å²) in [5.74, 6) is 1.60. The maximum atomic E-state index is 13.8. The molecule has 0 amide bonds. The Hall–Kier alpha value is -2.64. The number of hydrogen-bond donors (Lipinski definition) is 2. The Morgan fingerprint density at radius 3 is 2.61 bits per heavy atom. The van der Waals surface area contributed by atoms with Gasteiger partial charge in [0.25, 0.3) is 0 Å². The summed E-state index contributed by atoms with van der Waals surface area (Å²) in [5.41, 5.74) is -0.198. The van der Waals surface area contributed by atoms with E-state index in [9.17, 15) is 4.39 Å². The monoisotopic (exact) mass is 391 g/mol. The average molecular weight is 391 g/mol. The number of hydrogen-bond acceptors (Lipinski definition) is 5. The zero-order chi connectivity index (χ0) is 20.6. The molecule has 8 heteroatoms. The molecule has 1 unspecified atom stereocenters. The van der Waals surface area contributed by atoms with E-state index >= 15 is 0 Å². The van der Waals surface area contributed by atoms with Crippen molar-refractivity contribution in [1.82, 2.24) is 20.8 Å². The molecule has 1 atom stereocenters. The summed E-state index contributed by atoms with van der Waals surface area (Å²) in [7, 11) is 0. The third kappa shape index (κ3) is 6.51. The van der Waals surface area contributed by atoms with Crippen LogP contribution in [0.2, 0.25) is 0 Å². The number of rotatable bonds is 8. The molecule has 0 aliphatic rings. The first-order valence-electron chi connectivity index (χ1n) is 9.59. The van der Waals surface area contributed by atoms with Gasteiger partial charge in [0.2, 0.25) is 5.89 Å². The van der Waals surface area contributed by atoms with Crippen LogP contribution in [-0.4, -0.2) is 35.3 Å². The van der Waals surface area contributed by atoms with Crippen molar-refractivity contribution in [2.45, 2.75) is 59.1 Å². The lowest BCUT2D eigenvalue weighted by atomic mass is 9.97. The lowest BCUT2D eigenvalue weighted by Gasteiger charge is -2.20. The van der Waals surface area contributed by atoms with Gasteiger partial charge in [-0.15, -0.1) is 0 Å². The molecule has 1 aromatic heterocycles. The molecule has 2 rings (SSSR count). The van der Waals surface area contributed by atoms with Crippen molar-refractivity contribution in [2.75, 3.05) is 13.1 Å². The highest BCUT2D eigenvalue weighted by Crippen LogP contribution is 2.20. The molecule has 7 nitrogen and oxygen atoms in total. The number of guanidine groups is 1. The van der Waals surface area contributed by atoms with Crippen LogP contribution >= 0.6 is 0 Å². The summed E-state index contributed by atoms with van der Waals surface area (Å²) in [6, 6.07) is 6.40. The summed E-state index contributed by atoms with van der Waals surface area (Å²) in [6.07, 6.45) is 0.527. The Balaban J connectivity index is 1.96. The van der Waals surface area contributed by atoms with E-state index in [1.165, 1.54) is 6.07 Å². The van der Waals surface area contributed by atoms with Crippen LogP contribution in [0.3, 0.4) is 0 Å². The molecule has 1 heterocycles. The number of nitrogens with zero attached hydrogens (tertiary/aromatic N) is 3. The summed E-state index contributed by atoms with van der Waals surface area (Å²) < 4.78 is 24.9. The highest BCUT2D eigenvalue weighted by Gasteiger charge is 2.21. The molecular formula is C20H30FN5O2. The zero-order valence-corrected chi connectivity index (χ0v) is 17.3. The Kier molecular flexibility index (Phi) is 7.78. The van der Waals surface area contributed by atoms with Crippen LogP contribution in [0.25, 0.3) is 0 Å². The Labute approximate surface area is 165 Å². The predicted molar refractivity (Wildman–Crippen MR) is 107 cm³/mol. The van der Waals surface area contributed by atoms with Gasteiger partial charge in [-0.05, 0) is 25.5 Å². The van der Waals surface area contributed by atoms with Gasteiger partial charge in [-0.2, -0.15) is 4.98 Å². The molecule has 0 aliphatic heterocycles. The van der Waals surface area contributed by atoms with E-state index in [2.05, 4.69) is 25.8 Å². The molecule has 0 aliphatic carbocycles. The number of aliphatic imine (C=N–C) groups is 1. The van der Waals surface area contributed by atoms with Crippen molar-refractivity contribution in [3.63, 3.8) is 0 Å². The van der Waals surface area contributed by atoms with Crippen molar-refractivity contribution in [3.8, 4) is 5.75 Å². The molecule has 2 aromatic rings. The van der Waals surface area contributed by atoms with E-state index < -0.39 is 0 Å². The van der Waals surface area contributed by atoms with Crippen LogP contribution in [0.15, 0.2) is 33.8 Å². The molecule has 154 valence electrons. The number of ether oxygens (including phenoxy) is 1. The van der Waals surface area contributed by atoms with Crippen LogP contribution in [0.5, 0.6) is 5.75 Å². The zero-order valence-electron chi connectivity index (χ0n) is 17.3. The van der Waals surface area contributed by atoms with Gasteiger partial charge in [-0.25, -0.2) is 9.38 Å². The van der Waals surface area contributed by atoms with Gasteiger partial charge in [0.05, 0.1) is 6.54 Å². The van der Waals surface area contributed by atoms with Crippen molar-refractivity contribution in [2.24, 2.45) is 4.99 Å². The topological polar surface area (TPSA) is 84.6 Å². The normalized spacial score (nSPS) is 13.3. The minimum Gasteiger partial charge on any atom is -0.486 e. The highest BCUT2D eigenvalue weighted by atomic mass is 19.1. The average Bonchev–Trinajstić information content (AvgIpc) is 3.14. The summed E-state index contributed by atoms with van der Waals surface area (Å²) >= 11 is 0. The third-order valence-electron chi connectivity index (χ3n) is 3.92. The van der Waals surface area contributed by atoms with E-state index in [4.69, 9.17) is 9.26 Å². The summed E-state index contributed by atoms with van der Waals surface area (Å²) in [5, 5.41) is 10.4. The fourth-order valence-electron chi connectivity index (χ4n) is 2.31. The molecule has 0 radical (unpaired) electrons. The maximum absolute atomic E-state index is 13.8. The van der Waals surface area contributed by atoms with Crippen molar-refractivity contribution >= 4 is 5.96 Å². The third-order valence-corrected chi connectivity index (χ3v) is 3.92. The van der Waals surface area contributed by atoms with Crippen LogP contribution in [0, 0.1) is 5.82 Å². The number of halogens is 1. The Morgan fingerprint density at radius 2 is 2.00 bits per heavy atom. The smallest absolute Gasteiger partial charge is 0.232 e. The molecule has 0 saturated carbocycles. The number of para-hydroxylation sites is 1. The molecule has 0 spiro atoms.